The lowest BCUT2D eigenvalue weighted by molar-refractivity contribution is 0.556. The first-order chi connectivity index (χ1) is 21.5. The summed E-state index contributed by atoms with van der Waals surface area (Å²) in [6, 6.07) is 27.5. The molecule has 4 rings (SSSR count). The van der Waals surface area contributed by atoms with Crippen LogP contribution < -0.4 is 10.4 Å². The molecule has 0 bridgehead atoms. The zero-order valence-electron chi connectivity index (χ0n) is 29.5. The number of benzene rings is 3. The first kappa shape index (κ1) is 34.6. The minimum atomic E-state index is 0.120. The van der Waals surface area contributed by atoms with Gasteiger partial charge in [-0.2, -0.15) is 0 Å². The summed E-state index contributed by atoms with van der Waals surface area (Å²) in [6.07, 6.45) is 21.8. The van der Waals surface area contributed by atoms with Crippen LogP contribution in [0.3, 0.4) is 0 Å². The molecule has 0 saturated carbocycles. The average Bonchev–Trinajstić information content (AvgIpc) is 3.45. The van der Waals surface area contributed by atoms with E-state index < -0.39 is 0 Å². The van der Waals surface area contributed by atoms with Gasteiger partial charge in [0.25, 0.3) is 0 Å². The first-order valence-electron chi connectivity index (χ1n) is 17.8. The third kappa shape index (κ3) is 10.7. The van der Waals surface area contributed by atoms with E-state index in [1.165, 1.54) is 104 Å². The van der Waals surface area contributed by atoms with Crippen LogP contribution in [-0.4, -0.2) is 0 Å². The van der Waals surface area contributed by atoms with Crippen molar-refractivity contribution in [3.05, 3.63) is 118 Å². The Labute approximate surface area is 276 Å². The number of hydrogen-bond acceptors (Lipinski definition) is 2. The van der Waals surface area contributed by atoms with Gasteiger partial charge in [-0.25, -0.2) is 0 Å². The normalized spacial score (nSPS) is 15.5. The minimum Gasteiger partial charge on any atom is -0.298 e. The predicted octanol–water partition coefficient (Wildman–Crippen LogP) is 12.4. The van der Waals surface area contributed by atoms with Gasteiger partial charge >= 0.3 is 0 Å². The van der Waals surface area contributed by atoms with Crippen LogP contribution in [0.4, 0.5) is 5.69 Å². The van der Waals surface area contributed by atoms with Gasteiger partial charge in [-0.05, 0) is 75.8 Å². The van der Waals surface area contributed by atoms with Crippen molar-refractivity contribution in [3.8, 4) is 0 Å². The van der Waals surface area contributed by atoms with Crippen molar-refractivity contribution in [2.75, 3.05) is 5.01 Å². The van der Waals surface area contributed by atoms with Crippen LogP contribution in [0.15, 0.2) is 90.6 Å². The van der Waals surface area contributed by atoms with E-state index in [-0.39, 0.29) is 16.9 Å². The van der Waals surface area contributed by atoms with Crippen LogP contribution in [-0.2, 0) is 17.3 Å². The van der Waals surface area contributed by atoms with Crippen molar-refractivity contribution in [3.63, 3.8) is 0 Å². The standard InChI is InChI=1S/C43H60N2/c1-8-9-10-11-12-13-14-15-16-17-18-34-22-31-40(32-23-34)45-41(36-24-28-38(29-25-36)43(5,6)7)33-39(44-45)30-21-35-19-26-37(27-20-35)42(2,3)4/h19-33,41,44H,8-18H2,1-7H3. The molecule has 1 heterocycles. The van der Waals surface area contributed by atoms with Crippen LogP contribution >= 0.6 is 0 Å². The second kappa shape index (κ2) is 16.3. The molecule has 242 valence electrons. The summed E-state index contributed by atoms with van der Waals surface area (Å²) in [5.74, 6) is 0. The Balaban J connectivity index is 1.39. The largest absolute Gasteiger partial charge is 0.298 e. The molecule has 1 aliphatic heterocycles. The Morgan fingerprint density at radius 2 is 1.11 bits per heavy atom. The van der Waals surface area contributed by atoms with Crippen LogP contribution in [0.1, 0.15) is 147 Å². The number of hydrogen-bond donors (Lipinski definition) is 1. The van der Waals surface area contributed by atoms with E-state index in [1.54, 1.807) is 0 Å². The number of hydrazine groups is 1. The molecular weight excluding hydrogens is 544 g/mol. The Morgan fingerprint density at radius 1 is 0.600 bits per heavy atom. The minimum absolute atomic E-state index is 0.120. The lowest BCUT2D eigenvalue weighted by Crippen LogP contribution is -2.34. The van der Waals surface area contributed by atoms with Crippen LogP contribution in [0, 0.1) is 0 Å². The third-order valence-corrected chi connectivity index (χ3v) is 9.25. The smallest absolute Gasteiger partial charge is 0.0958 e. The van der Waals surface area contributed by atoms with Gasteiger partial charge in [-0.3, -0.25) is 10.4 Å². The highest BCUT2D eigenvalue weighted by atomic mass is 15.5. The lowest BCUT2D eigenvalue weighted by Gasteiger charge is -2.28. The van der Waals surface area contributed by atoms with Gasteiger partial charge in [0.2, 0.25) is 0 Å². The number of unbranched alkanes of at least 4 members (excludes halogenated alkanes) is 9. The molecular formula is C43H60N2. The van der Waals surface area contributed by atoms with E-state index in [0.29, 0.717) is 0 Å². The summed E-state index contributed by atoms with van der Waals surface area (Å²) in [4.78, 5) is 0. The van der Waals surface area contributed by atoms with Crippen molar-refractivity contribution in [1.82, 2.24) is 5.43 Å². The van der Waals surface area contributed by atoms with Crippen LogP contribution in [0.5, 0.6) is 0 Å². The summed E-state index contributed by atoms with van der Waals surface area (Å²) in [7, 11) is 0. The second-order valence-electron chi connectivity index (χ2n) is 15.2. The topological polar surface area (TPSA) is 15.3 Å². The lowest BCUT2D eigenvalue weighted by atomic mass is 9.86. The van der Waals surface area contributed by atoms with E-state index in [2.05, 4.69) is 150 Å². The van der Waals surface area contributed by atoms with Gasteiger partial charge < -0.3 is 0 Å². The maximum absolute atomic E-state index is 3.72. The van der Waals surface area contributed by atoms with Crippen molar-refractivity contribution in [1.29, 1.82) is 0 Å². The van der Waals surface area contributed by atoms with Gasteiger partial charge in [0, 0.05) is 0 Å². The summed E-state index contributed by atoms with van der Waals surface area (Å²) in [5.41, 5.74) is 13.0. The summed E-state index contributed by atoms with van der Waals surface area (Å²) in [6.45, 7) is 15.9. The van der Waals surface area contributed by atoms with Crippen molar-refractivity contribution in [2.45, 2.75) is 136 Å². The number of anilines is 1. The summed E-state index contributed by atoms with van der Waals surface area (Å²) >= 11 is 0. The molecule has 0 radical (unpaired) electrons. The molecule has 1 N–H and O–H groups in total. The third-order valence-electron chi connectivity index (χ3n) is 9.25. The quantitative estimate of drug-likeness (QED) is 0.174. The van der Waals surface area contributed by atoms with Crippen molar-refractivity contribution in [2.24, 2.45) is 0 Å². The number of nitrogens with one attached hydrogen (secondary N) is 1. The second-order valence-corrected chi connectivity index (χ2v) is 15.2. The van der Waals surface area contributed by atoms with Gasteiger partial charge in [-0.15, -0.1) is 0 Å². The number of rotatable bonds is 15. The van der Waals surface area contributed by atoms with Gasteiger partial charge in [0.15, 0.2) is 0 Å². The zero-order valence-corrected chi connectivity index (χ0v) is 29.5. The predicted molar refractivity (Wildman–Crippen MR) is 198 cm³/mol. The maximum atomic E-state index is 3.72. The van der Waals surface area contributed by atoms with E-state index >= 15 is 0 Å². The molecule has 0 saturated heterocycles. The number of nitrogens with zero attached hydrogens (tertiary/aromatic N) is 1. The van der Waals surface area contributed by atoms with Crippen molar-refractivity contribution >= 4 is 11.8 Å². The first-order valence-corrected chi connectivity index (χ1v) is 17.8. The van der Waals surface area contributed by atoms with E-state index in [1.807, 2.05) is 0 Å². The fourth-order valence-corrected chi connectivity index (χ4v) is 6.15. The molecule has 0 aromatic heterocycles. The van der Waals surface area contributed by atoms with E-state index in [0.717, 1.165) is 5.70 Å². The van der Waals surface area contributed by atoms with Crippen molar-refractivity contribution < 1.29 is 0 Å². The molecule has 1 unspecified atom stereocenters. The summed E-state index contributed by atoms with van der Waals surface area (Å²) < 4.78 is 0. The molecule has 2 nitrogen and oxygen atoms in total. The fraction of sp³-hybridized carbons (Fsp3) is 0.488. The number of aryl methyl sites for hydroxylation is 1. The van der Waals surface area contributed by atoms with Crippen LogP contribution in [0.2, 0.25) is 0 Å². The van der Waals surface area contributed by atoms with Gasteiger partial charge in [0.1, 0.15) is 0 Å². The molecule has 2 heteroatoms. The molecule has 0 spiro atoms. The summed E-state index contributed by atoms with van der Waals surface area (Å²) in [5, 5.41) is 2.32. The SMILES string of the molecule is CCCCCCCCCCCCc1ccc(N2NC(C=Cc3ccc(C(C)(C)C)cc3)=CC2c2ccc(C(C)(C)C)cc2)cc1. The molecule has 1 aliphatic rings. The van der Waals surface area contributed by atoms with Gasteiger partial charge in [-0.1, -0.05) is 173 Å². The zero-order chi connectivity index (χ0) is 32.3. The Bertz CT molecular complexity index is 1350. The molecule has 0 aliphatic carbocycles. The molecule has 3 aromatic rings. The number of allylic oxidation sites excluding steroid dienone is 1. The highest BCUT2D eigenvalue weighted by Gasteiger charge is 2.26. The van der Waals surface area contributed by atoms with Crippen LogP contribution in [0.25, 0.3) is 6.08 Å². The monoisotopic (exact) mass is 604 g/mol. The molecule has 0 amide bonds. The maximum Gasteiger partial charge on any atom is 0.0958 e. The van der Waals surface area contributed by atoms with E-state index in [4.69, 9.17) is 0 Å². The molecule has 45 heavy (non-hydrogen) atoms. The highest BCUT2D eigenvalue weighted by molar-refractivity contribution is 5.58. The van der Waals surface area contributed by atoms with E-state index in [9.17, 15) is 0 Å². The highest BCUT2D eigenvalue weighted by Crippen LogP contribution is 2.34. The molecule has 3 aromatic carbocycles. The Kier molecular flexibility index (Phi) is 12.6. The Hall–Kier alpha value is -3.26. The average molecular weight is 605 g/mol. The fourth-order valence-electron chi connectivity index (χ4n) is 6.15. The van der Waals surface area contributed by atoms with Gasteiger partial charge in [0.05, 0.1) is 17.4 Å². The molecule has 0 fully saturated rings. The molecule has 1 atom stereocenters. The Morgan fingerprint density at radius 3 is 1.64 bits per heavy atom.